The first-order chi connectivity index (χ1) is 11.7. The van der Waals surface area contributed by atoms with E-state index in [4.69, 9.17) is 16.0 Å². The number of hydrogen-bond donors (Lipinski definition) is 0. The molecule has 0 spiro atoms. The van der Waals surface area contributed by atoms with E-state index >= 15 is 0 Å². The Bertz CT molecular complexity index is 786. The highest BCUT2D eigenvalue weighted by molar-refractivity contribution is 6.30. The molecule has 1 aromatic heterocycles. The number of hydrogen-bond acceptors (Lipinski definition) is 3. The molecule has 1 atom stereocenters. The van der Waals surface area contributed by atoms with Crippen molar-refractivity contribution < 1.29 is 4.42 Å². The van der Waals surface area contributed by atoms with Crippen molar-refractivity contribution in [2.75, 3.05) is 33.2 Å². The van der Waals surface area contributed by atoms with Crippen molar-refractivity contribution in [1.82, 2.24) is 9.80 Å². The third kappa shape index (κ3) is 3.07. The lowest BCUT2D eigenvalue weighted by molar-refractivity contribution is 0.118. The van der Waals surface area contributed by atoms with E-state index in [0.717, 1.165) is 47.9 Å². The Hall–Kier alpha value is -1.81. The Labute approximate surface area is 147 Å². The molecule has 0 bridgehead atoms. The average Bonchev–Trinajstić information content (AvgIpc) is 3.02. The van der Waals surface area contributed by atoms with Crippen LogP contribution in [0.4, 0.5) is 0 Å². The number of para-hydroxylation sites is 1. The Kier molecular flexibility index (Phi) is 4.31. The molecule has 1 aliphatic heterocycles. The number of furan rings is 1. The molecule has 3 nitrogen and oxygen atoms in total. The largest absolute Gasteiger partial charge is 0.459 e. The van der Waals surface area contributed by atoms with Crippen molar-refractivity contribution >= 4 is 22.6 Å². The van der Waals surface area contributed by atoms with Crippen LogP contribution >= 0.6 is 11.6 Å². The normalized spacial score (nSPS) is 18.1. The predicted octanol–water partition coefficient (Wildman–Crippen LogP) is 4.42. The molecular weight excluding hydrogens is 320 g/mol. The number of halogens is 1. The third-order valence-electron chi connectivity index (χ3n) is 4.80. The van der Waals surface area contributed by atoms with Gasteiger partial charge < -0.3 is 9.32 Å². The molecule has 1 fully saturated rings. The van der Waals surface area contributed by atoms with Crippen LogP contribution in [0, 0.1) is 0 Å². The summed E-state index contributed by atoms with van der Waals surface area (Å²) in [6.45, 7) is 4.20. The second-order valence-electron chi connectivity index (χ2n) is 6.48. The Balaban J connectivity index is 1.75. The van der Waals surface area contributed by atoms with Gasteiger partial charge in [-0.05, 0) is 36.9 Å². The van der Waals surface area contributed by atoms with Crippen LogP contribution in [0.2, 0.25) is 5.02 Å². The maximum atomic E-state index is 6.21. The fourth-order valence-electron chi connectivity index (χ4n) is 3.42. The summed E-state index contributed by atoms with van der Waals surface area (Å²) in [6.07, 6.45) is 0. The first-order valence-electron chi connectivity index (χ1n) is 8.37. The van der Waals surface area contributed by atoms with Gasteiger partial charge in [0, 0.05) is 36.6 Å². The summed E-state index contributed by atoms with van der Waals surface area (Å²) in [7, 11) is 2.18. The van der Waals surface area contributed by atoms with Gasteiger partial charge in [0.15, 0.2) is 0 Å². The summed E-state index contributed by atoms with van der Waals surface area (Å²) in [5.41, 5.74) is 2.17. The lowest BCUT2D eigenvalue weighted by Gasteiger charge is -2.37. The van der Waals surface area contributed by atoms with Gasteiger partial charge in [-0.15, -0.1) is 0 Å². The summed E-state index contributed by atoms with van der Waals surface area (Å²) in [4.78, 5) is 4.87. The van der Waals surface area contributed by atoms with Crippen LogP contribution in [0.3, 0.4) is 0 Å². The molecule has 1 unspecified atom stereocenters. The van der Waals surface area contributed by atoms with Gasteiger partial charge in [-0.1, -0.05) is 41.9 Å². The van der Waals surface area contributed by atoms with Crippen molar-refractivity contribution in [2.45, 2.75) is 6.04 Å². The minimum absolute atomic E-state index is 0.128. The molecule has 3 aromatic rings. The van der Waals surface area contributed by atoms with Gasteiger partial charge in [0.2, 0.25) is 0 Å². The Morgan fingerprint density at radius 1 is 0.958 bits per heavy atom. The van der Waals surface area contributed by atoms with E-state index in [1.54, 1.807) is 0 Å². The van der Waals surface area contributed by atoms with Crippen LogP contribution < -0.4 is 0 Å². The topological polar surface area (TPSA) is 19.6 Å². The van der Waals surface area contributed by atoms with E-state index in [9.17, 15) is 0 Å². The second-order valence-corrected chi connectivity index (χ2v) is 6.92. The monoisotopic (exact) mass is 340 g/mol. The number of piperazine rings is 1. The lowest BCUT2D eigenvalue weighted by atomic mass is 10.0. The lowest BCUT2D eigenvalue weighted by Crippen LogP contribution is -2.46. The first kappa shape index (κ1) is 15.7. The van der Waals surface area contributed by atoms with Crippen molar-refractivity contribution in [3.05, 3.63) is 70.9 Å². The number of fused-ring (bicyclic) bond motifs is 1. The highest BCUT2D eigenvalue weighted by atomic mass is 35.5. The highest BCUT2D eigenvalue weighted by Gasteiger charge is 2.28. The van der Waals surface area contributed by atoms with Gasteiger partial charge in [-0.3, -0.25) is 4.90 Å². The molecule has 24 heavy (non-hydrogen) atoms. The zero-order valence-electron chi connectivity index (χ0n) is 13.8. The average molecular weight is 341 g/mol. The highest BCUT2D eigenvalue weighted by Crippen LogP contribution is 2.33. The summed E-state index contributed by atoms with van der Waals surface area (Å²) >= 11 is 6.09. The van der Waals surface area contributed by atoms with Crippen LogP contribution in [0.1, 0.15) is 17.4 Å². The van der Waals surface area contributed by atoms with Crippen LogP contribution in [-0.2, 0) is 0 Å². The number of likely N-dealkylation sites (N-methyl/N-ethyl adjacent to an activating group) is 1. The molecule has 0 saturated carbocycles. The van der Waals surface area contributed by atoms with Gasteiger partial charge in [-0.25, -0.2) is 0 Å². The molecule has 0 N–H and O–H groups in total. The summed E-state index contributed by atoms with van der Waals surface area (Å²) in [5, 5.41) is 1.92. The molecule has 0 radical (unpaired) electrons. The van der Waals surface area contributed by atoms with E-state index in [1.807, 2.05) is 24.3 Å². The summed E-state index contributed by atoms with van der Waals surface area (Å²) in [5.74, 6) is 1.00. The zero-order valence-corrected chi connectivity index (χ0v) is 14.5. The van der Waals surface area contributed by atoms with Crippen molar-refractivity contribution in [3.63, 3.8) is 0 Å². The number of benzene rings is 2. The van der Waals surface area contributed by atoms with E-state index in [1.165, 1.54) is 5.56 Å². The molecule has 4 rings (SSSR count). The molecular formula is C20H21ClN2O. The maximum absolute atomic E-state index is 6.21. The SMILES string of the molecule is CN1CCN(C(c2ccc(Cl)cc2)c2cc3ccccc3o2)CC1. The summed E-state index contributed by atoms with van der Waals surface area (Å²) in [6, 6.07) is 18.6. The fourth-order valence-corrected chi connectivity index (χ4v) is 3.54. The quantitative estimate of drug-likeness (QED) is 0.703. The van der Waals surface area contributed by atoms with Gasteiger partial charge in [-0.2, -0.15) is 0 Å². The van der Waals surface area contributed by atoms with Crippen LogP contribution in [0.5, 0.6) is 0 Å². The predicted molar refractivity (Wildman–Crippen MR) is 98.6 cm³/mol. The molecule has 0 amide bonds. The summed E-state index contributed by atoms with van der Waals surface area (Å²) < 4.78 is 6.21. The van der Waals surface area contributed by atoms with E-state index in [2.05, 4.69) is 47.2 Å². The molecule has 2 heterocycles. The molecule has 124 valence electrons. The van der Waals surface area contributed by atoms with E-state index in [-0.39, 0.29) is 6.04 Å². The number of rotatable bonds is 3. The second kappa shape index (κ2) is 6.60. The Morgan fingerprint density at radius 3 is 2.38 bits per heavy atom. The molecule has 2 aromatic carbocycles. The maximum Gasteiger partial charge on any atom is 0.134 e. The van der Waals surface area contributed by atoms with E-state index < -0.39 is 0 Å². The van der Waals surface area contributed by atoms with Crippen molar-refractivity contribution in [3.8, 4) is 0 Å². The number of nitrogens with zero attached hydrogens (tertiary/aromatic N) is 2. The third-order valence-corrected chi connectivity index (χ3v) is 5.05. The molecule has 0 aliphatic carbocycles. The van der Waals surface area contributed by atoms with Crippen LogP contribution in [-0.4, -0.2) is 43.0 Å². The first-order valence-corrected chi connectivity index (χ1v) is 8.75. The molecule has 1 aliphatic rings. The van der Waals surface area contributed by atoms with Crippen molar-refractivity contribution in [2.24, 2.45) is 0 Å². The standard InChI is InChI=1S/C20H21ClN2O/c1-22-10-12-23(13-11-22)20(15-6-8-17(21)9-7-15)19-14-16-4-2-3-5-18(16)24-19/h2-9,14,20H,10-13H2,1H3. The van der Waals surface area contributed by atoms with Crippen LogP contribution in [0.15, 0.2) is 59.0 Å². The van der Waals surface area contributed by atoms with Crippen LogP contribution in [0.25, 0.3) is 11.0 Å². The van der Waals surface area contributed by atoms with Gasteiger partial charge in [0.25, 0.3) is 0 Å². The Morgan fingerprint density at radius 2 is 1.67 bits per heavy atom. The minimum Gasteiger partial charge on any atom is -0.459 e. The van der Waals surface area contributed by atoms with Gasteiger partial charge in [0.1, 0.15) is 11.3 Å². The van der Waals surface area contributed by atoms with Crippen molar-refractivity contribution in [1.29, 1.82) is 0 Å². The fraction of sp³-hybridized carbons (Fsp3) is 0.300. The van der Waals surface area contributed by atoms with Gasteiger partial charge >= 0.3 is 0 Å². The molecule has 1 saturated heterocycles. The molecule has 4 heteroatoms. The van der Waals surface area contributed by atoms with E-state index in [0.29, 0.717) is 0 Å². The smallest absolute Gasteiger partial charge is 0.134 e. The van der Waals surface area contributed by atoms with Gasteiger partial charge in [0.05, 0.1) is 6.04 Å². The minimum atomic E-state index is 0.128. The zero-order chi connectivity index (χ0) is 16.5.